The van der Waals surface area contributed by atoms with Crippen LogP contribution in [0.1, 0.15) is 29.1 Å². The van der Waals surface area contributed by atoms with Gasteiger partial charge in [0, 0.05) is 40.5 Å². The Bertz CT molecular complexity index is 685. The van der Waals surface area contributed by atoms with Crippen molar-refractivity contribution in [3.05, 3.63) is 52.9 Å². The lowest BCUT2D eigenvalue weighted by Crippen LogP contribution is -2.21. The van der Waals surface area contributed by atoms with Gasteiger partial charge in [-0.3, -0.25) is 0 Å². The first-order valence-corrected chi connectivity index (χ1v) is 7.76. The Morgan fingerprint density at radius 1 is 1.35 bits per heavy atom. The third kappa shape index (κ3) is 2.62. The van der Waals surface area contributed by atoms with Gasteiger partial charge in [-0.15, -0.1) is 11.3 Å². The van der Waals surface area contributed by atoms with E-state index < -0.39 is 0 Å². The summed E-state index contributed by atoms with van der Waals surface area (Å²) >= 11 is 1.90. The summed E-state index contributed by atoms with van der Waals surface area (Å²) in [7, 11) is 0. The van der Waals surface area contributed by atoms with Crippen LogP contribution >= 0.6 is 11.3 Å². The zero-order valence-electron chi connectivity index (χ0n) is 11.8. The maximum atomic E-state index is 4.04. The number of hydrogen-bond acceptors (Lipinski definition) is 3. The van der Waals surface area contributed by atoms with Gasteiger partial charge in [-0.25, -0.2) is 4.98 Å². The van der Waals surface area contributed by atoms with E-state index >= 15 is 0 Å². The van der Waals surface area contributed by atoms with Crippen LogP contribution in [0.5, 0.6) is 0 Å². The van der Waals surface area contributed by atoms with Crippen molar-refractivity contribution < 1.29 is 0 Å². The van der Waals surface area contributed by atoms with Gasteiger partial charge in [-0.05, 0) is 30.9 Å². The second-order valence-corrected chi connectivity index (χ2v) is 6.17. The molecule has 0 aliphatic rings. The number of rotatable bonds is 5. The quantitative estimate of drug-likeness (QED) is 0.748. The molecule has 4 heteroatoms. The van der Waals surface area contributed by atoms with Crippen LogP contribution in [0.2, 0.25) is 0 Å². The summed E-state index contributed by atoms with van der Waals surface area (Å²) in [5, 5.41) is 4.99. The lowest BCUT2D eigenvalue weighted by molar-refractivity contribution is 0.580. The summed E-state index contributed by atoms with van der Waals surface area (Å²) in [5.74, 6) is 0. The van der Waals surface area contributed by atoms with Crippen molar-refractivity contribution in [2.45, 2.75) is 26.3 Å². The highest BCUT2D eigenvalue weighted by molar-refractivity contribution is 7.19. The molecule has 20 heavy (non-hydrogen) atoms. The monoisotopic (exact) mass is 285 g/mol. The van der Waals surface area contributed by atoms with Gasteiger partial charge in [0.2, 0.25) is 0 Å². The van der Waals surface area contributed by atoms with E-state index in [2.05, 4.69) is 53.4 Å². The van der Waals surface area contributed by atoms with Crippen LogP contribution in [-0.4, -0.2) is 16.5 Å². The van der Waals surface area contributed by atoms with Crippen molar-refractivity contribution in [3.8, 4) is 0 Å². The van der Waals surface area contributed by atoms with Crippen molar-refractivity contribution in [1.82, 2.24) is 15.3 Å². The van der Waals surface area contributed by atoms with Gasteiger partial charge in [0.25, 0.3) is 0 Å². The van der Waals surface area contributed by atoms with Crippen LogP contribution in [0.3, 0.4) is 0 Å². The molecule has 2 heterocycles. The summed E-state index contributed by atoms with van der Waals surface area (Å²) < 4.78 is 1.38. The predicted molar refractivity (Wildman–Crippen MR) is 85.3 cm³/mol. The molecule has 1 aromatic carbocycles. The van der Waals surface area contributed by atoms with Gasteiger partial charge in [-0.1, -0.05) is 18.2 Å². The molecule has 0 aliphatic heterocycles. The van der Waals surface area contributed by atoms with Gasteiger partial charge in [0.05, 0.1) is 6.33 Å². The van der Waals surface area contributed by atoms with Gasteiger partial charge >= 0.3 is 0 Å². The second kappa shape index (κ2) is 5.77. The predicted octanol–water partition coefficient (Wildman–Crippen LogP) is 3.83. The Labute approximate surface area is 123 Å². The van der Waals surface area contributed by atoms with E-state index in [1.807, 2.05) is 17.5 Å². The maximum Gasteiger partial charge on any atom is 0.0921 e. The first-order chi connectivity index (χ1) is 9.75. The van der Waals surface area contributed by atoms with Crippen LogP contribution in [0.15, 0.2) is 36.8 Å². The number of benzene rings is 1. The van der Waals surface area contributed by atoms with E-state index in [0.29, 0.717) is 6.04 Å². The lowest BCUT2D eigenvalue weighted by atomic mass is 10.1. The summed E-state index contributed by atoms with van der Waals surface area (Å²) in [4.78, 5) is 8.62. The van der Waals surface area contributed by atoms with Crippen LogP contribution in [-0.2, 0) is 6.42 Å². The molecule has 0 aliphatic carbocycles. The van der Waals surface area contributed by atoms with E-state index in [0.717, 1.165) is 13.0 Å². The third-order valence-corrected chi connectivity index (χ3v) is 5.13. The number of fused-ring (bicyclic) bond motifs is 1. The second-order valence-electron chi connectivity index (χ2n) is 5.09. The molecule has 0 amide bonds. The number of hydrogen-bond donors (Lipinski definition) is 2. The fraction of sp³-hybridized carbons (Fsp3) is 0.312. The molecule has 2 aromatic heterocycles. The number of aromatic nitrogens is 2. The number of H-pyrrole nitrogens is 1. The Morgan fingerprint density at radius 3 is 2.95 bits per heavy atom. The molecule has 3 rings (SSSR count). The molecular formula is C16H19N3S. The highest BCUT2D eigenvalue weighted by atomic mass is 32.1. The van der Waals surface area contributed by atoms with Crippen LogP contribution in [0.4, 0.5) is 0 Å². The molecule has 0 saturated heterocycles. The summed E-state index contributed by atoms with van der Waals surface area (Å²) in [6, 6.07) is 9.02. The first-order valence-electron chi connectivity index (χ1n) is 6.94. The molecule has 0 radical (unpaired) electrons. The molecule has 2 N–H and O–H groups in total. The molecule has 3 nitrogen and oxygen atoms in total. The fourth-order valence-electron chi connectivity index (χ4n) is 2.54. The highest BCUT2D eigenvalue weighted by Crippen LogP contribution is 2.34. The molecule has 0 spiro atoms. The number of aryl methyl sites for hydroxylation is 1. The van der Waals surface area contributed by atoms with Crippen molar-refractivity contribution in [2.24, 2.45) is 0 Å². The zero-order chi connectivity index (χ0) is 13.9. The SMILES string of the molecule is Cc1c(C(C)NCCc2cnc[nH]2)sc2ccccc12. The van der Waals surface area contributed by atoms with E-state index in [-0.39, 0.29) is 0 Å². The van der Waals surface area contributed by atoms with Gasteiger partial charge < -0.3 is 10.3 Å². The van der Waals surface area contributed by atoms with Crippen LogP contribution in [0, 0.1) is 6.92 Å². The maximum absolute atomic E-state index is 4.04. The van der Waals surface area contributed by atoms with Gasteiger partial charge in [-0.2, -0.15) is 0 Å². The largest absolute Gasteiger partial charge is 0.348 e. The van der Waals surface area contributed by atoms with Gasteiger partial charge in [0.1, 0.15) is 0 Å². The van der Waals surface area contributed by atoms with E-state index in [9.17, 15) is 0 Å². The minimum absolute atomic E-state index is 0.385. The van der Waals surface area contributed by atoms with E-state index in [1.54, 1.807) is 6.33 Å². The smallest absolute Gasteiger partial charge is 0.0921 e. The summed E-state index contributed by atoms with van der Waals surface area (Å²) in [6.45, 7) is 5.42. The Hall–Kier alpha value is -1.65. The van der Waals surface area contributed by atoms with Gasteiger partial charge in [0.15, 0.2) is 0 Å². The Morgan fingerprint density at radius 2 is 2.20 bits per heavy atom. The Balaban J connectivity index is 1.69. The molecule has 0 fully saturated rings. The number of thiophene rings is 1. The van der Waals surface area contributed by atoms with Crippen LogP contribution < -0.4 is 5.32 Å². The topological polar surface area (TPSA) is 40.7 Å². The first kappa shape index (κ1) is 13.3. The number of aromatic amines is 1. The lowest BCUT2D eigenvalue weighted by Gasteiger charge is -2.13. The number of nitrogens with zero attached hydrogens (tertiary/aromatic N) is 1. The zero-order valence-corrected chi connectivity index (χ0v) is 12.6. The van der Waals surface area contributed by atoms with Crippen molar-refractivity contribution in [2.75, 3.05) is 6.54 Å². The average molecular weight is 285 g/mol. The molecule has 104 valence electrons. The average Bonchev–Trinajstić information content (AvgIpc) is 3.08. The molecule has 0 bridgehead atoms. The third-order valence-electron chi connectivity index (χ3n) is 3.67. The Kier molecular flexibility index (Phi) is 3.85. The van der Waals surface area contributed by atoms with Crippen LogP contribution in [0.25, 0.3) is 10.1 Å². The fourth-order valence-corrected chi connectivity index (χ4v) is 3.78. The van der Waals surface area contributed by atoms with E-state index in [1.165, 1.54) is 26.2 Å². The molecule has 1 atom stereocenters. The molecule has 1 unspecified atom stereocenters. The number of nitrogens with one attached hydrogen (secondary N) is 2. The highest BCUT2D eigenvalue weighted by Gasteiger charge is 2.13. The molecular weight excluding hydrogens is 266 g/mol. The van der Waals surface area contributed by atoms with Crippen molar-refractivity contribution >= 4 is 21.4 Å². The minimum Gasteiger partial charge on any atom is -0.348 e. The summed E-state index contributed by atoms with van der Waals surface area (Å²) in [6.07, 6.45) is 4.60. The van der Waals surface area contributed by atoms with E-state index in [4.69, 9.17) is 0 Å². The van der Waals surface area contributed by atoms with Crippen molar-refractivity contribution in [3.63, 3.8) is 0 Å². The standard InChI is InChI=1S/C16H19N3S/c1-11-14-5-3-4-6-15(14)20-16(11)12(2)18-8-7-13-9-17-10-19-13/h3-6,9-10,12,18H,7-8H2,1-2H3,(H,17,19). The summed E-state index contributed by atoms with van der Waals surface area (Å²) in [5.41, 5.74) is 2.59. The molecule has 3 aromatic rings. The number of imidazole rings is 1. The normalized spacial score (nSPS) is 12.9. The minimum atomic E-state index is 0.385. The van der Waals surface area contributed by atoms with Crippen molar-refractivity contribution in [1.29, 1.82) is 0 Å². The molecule has 0 saturated carbocycles.